The Morgan fingerprint density at radius 3 is 2.41 bits per heavy atom. The van der Waals surface area contributed by atoms with Crippen LogP contribution in [0.25, 0.3) is 5.69 Å². The van der Waals surface area contributed by atoms with Crippen LogP contribution in [0.15, 0.2) is 36.5 Å². The first-order valence-electron chi connectivity index (χ1n) is 6.29. The molecule has 0 bridgehead atoms. The molecule has 0 spiro atoms. The second-order valence-electron chi connectivity index (χ2n) is 4.16. The van der Waals surface area contributed by atoms with Gasteiger partial charge in [0.25, 0.3) is 0 Å². The first-order valence-corrected chi connectivity index (χ1v) is 6.29. The van der Waals surface area contributed by atoms with E-state index in [1.807, 2.05) is 24.7 Å². The van der Waals surface area contributed by atoms with Gasteiger partial charge in [-0.3, -0.25) is 0 Å². The number of hydrogen-bond acceptors (Lipinski definition) is 1. The average molecular weight is 230 g/mol. The van der Waals surface area contributed by atoms with Gasteiger partial charge in [0.05, 0.1) is 5.69 Å². The third-order valence-corrected chi connectivity index (χ3v) is 2.51. The Bertz CT molecular complexity index is 455. The number of rotatable bonds is 2. The van der Waals surface area contributed by atoms with Crippen molar-refractivity contribution >= 4 is 0 Å². The molecule has 0 aliphatic carbocycles. The highest BCUT2D eigenvalue weighted by molar-refractivity contribution is 5.36. The van der Waals surface area contributed by atoms with Gasteiger partial charge in [-0.05, 0) is 36.6 Å². The van der Waals surface area contributed by atoms with E-state index in [0.717, 1.165) is 5.69 Å². The highest BCUT2D eigenvalue weighted by atomic mass is 15.3. The Hall–Kier alpha value is -1.57. The maximum Gasteiger partial charge on any atom is 0.0651 e. The normalized spacial score (nSPS) is 10.0. The topological polar surface area (TPSA) is 17.8 Å². The zero-order valence-electron chi connectivity index (χ0n) is 11.4. The highest BCUT2D eigenvalue weighted by Gasteiger charge is 2.07. The molecule has 0 amide bonds. The summed E-state index contributed by atoms with van der Waals surface area (Å²) in [6.45, 7) is 10.5. The van der Waals surface area contributed by atoms with E-state index >= 15 is 0 Å². The van der Waals surface area contributed by atoms with E-state index in [1.165, 1.54) is 11.3 Å². The van der Waals surface area contributed by atoms with Crippen LogP contribution in [0.5, 0.6) is 0 Å². The van der Waals surface area contributed by atoms with Gasteiger partial charge in [-0.15, -0.1) is 0 Å². The number of nitrogens with zero attached hydrogens (tertiary/aromatic N) is 2. The summed E-state index contributed by atoms with van der Waals surface area (Å²) >= 11 is 0. The van der Waals surface area contributed by atoms with Gasteiger partial charge >= 0.3 is 0 Å². The van der Waals surface area contributed by atoms with Crippen LogP contribution < -0.4 is 0 Å². The van der Waals surface area contributed by atoms with E-state index in [1.54, 1.807) is 0 Å². The lowest BCUT2D eigenvalue weighted by Gasteiger charge is -2.10. The van der Waals surface area contributed by atoms with Gasteiger partial charge in [-0.25, -0.2) is 4.68 Å². The average Bonchev–Trinajstić information content (AvgIpc) is 2.80. The number of aryl methyl sites for hydroxylation is 1. The fraction of sp³-hybridized carbons (Fsp3) is 0.400. The quantitative estimate of drug-likeness (QED) is 0.750. The summed E-state index contributed by atoms with van der Waals surface area (Å²) < 4.78 is 2.01. The predicted octanol–water partition coefficient (Wildman–Crippen LogP) is 4.33. The van der Waals surface area contributed by atoms with E-state index in [0.29, 0.717) is 5.92 Å². The van der Waals surface area contributed by atoms with Crippen molar-refractivity contribution in [2.24, 2.45) is 0 Å². The summed E-state index contributed by atoms with van der Waals surface area (Å²) in [5.41, 5.74) is 3.65. The Balaban J connectivity index is 0.000000686. The lowest BCUT2D eigenvalue weighted by Crippen LogP contribution is -2.03. The monoisotopic (exact) mass is 230 g/mol. The first kappa shape index (κ1) is 13.5. The van der Waals surface area contributed by atoms with E-state index in [-0.39, 0.29) is 0 Å². The van der Waals surface area contributed by atoms with Crippen LogP contribution in [0.2, 0.25) is 0 Å². The molecule has 0 radical (unpaired) electrons. The maximum atomic E-state index is 4.37. The minimum atomic E-state index is 0.494. The van der Waals surface area contributed by atoms with Crippen LogP contribution in [-0.4, -0.2) is 9.78 Å². The molecule has 92 valence electrons. The molecule has 1 heterocycles. The fourth-order valence-corrected chi connectivity index (χ4v) is 1.73. The van der Waals surface area contributed by atoms with Crippen molar-refractivity contribution in [1.82, 2.24) is 9.78 Å². The van der Waals surface area contributed by atoms with Gasteiger partial charge in [0.2, 0.25) is 0 Å². The highest BCUT2D eigenvalue weighted by Crippen LogP contribution is 2.18. The van der Waals surface area contributed by atoms with Gasteiger partial charge in [0.1, 0.15) is 0 Å². The summed E-state index contributed by atoms with van der Waals surface area (Å²) in [6, 6.07) is 10.5. The van der Waals surface area contributed by atoms with Crippen molar-refractivity contribution in [3.63, 3.8) is 0 Å². The van der Waals surface area contributed by atoms with E-state index in [2.05, 4.69) is 56.2 Å². The molecular weight excluding hydrogens is 208 g/mol. The summed E-state index contributed by atoms with van der Waals surface area (Å²) in [6.07, 6.45) is 1.86. The molecule has 0 atom stereocenters. The van der Waals surface area contributed by atoms with Crippen LogP contribution in [0.4, 0.5) is 0 Å². The Morgan fingerprint density at radius 1 is 1.12 bits per heavy atom. The van der Waals surface area contributed by atoms with Gasteiger partial charge in [-0.1, -0.05) is 39.8 Å². The van der Waals surface area contributed by atoms with Crippen molar-refractivity contribution in [3.8, 4) is 5.69 Å². The number of hydrogen-bond donors (Lipinski definition) is 0. The molecule has 2 aromatic rings. The van der Waals surface area contributed by atoms with Gasteiger partial charge in [0.15, 0.2) is 0 Å². The van der Waals surface area contributed by atoms with Gasteiger partial charge in [-0.2, -0.15) is 5.10 Å². The molecular formula is C15H22N2. The minimum Gasteiger partial charge on any atom is -0.238 e. The van der Waals surface area contributed by atoms with E-state index in [9.17, 15) is 0 Å². The number of aromatic nitrogens is 2. The third-order valence-electron chi connectivity index (χ3n) is 2.51. The summed E-state index contributed by atoms with van der Waals surface area (Å²) in [4.78, 5) is 0. The van der Waals surface area contributed by atoms with Crippen LogP contribution in [0.1, 0.15) is 44.9 Å². The molecule has 2 rings (SSSR count). The molecule has 0 unspecified atom stereocenters. The zero-order chi connectivity index (χ0) is 12.8. The lowest BCUT2D eigenvalue weighted by molar-refractivity contribution is 0.734. The molecule has 0 aliphatic rings. The SMILES string of the molecule is CC.Cc1cccc(-n2nccc2C(C)C)c1. The molecule has 0 N–H and O–H groups in total. The maximum absolute atomic E-state index is 4.37. The minimum absolute atomic E-state index is 0.494. The molecule has 2 heteroatoms. The molecule has 1 aromatic carbocycles. The van der Waals surface area contributed by atoms with Crippen LogP contribution >= 0.6 is 0 Å². The molecule has 0 aliphatic heterocycles. The van der Waals surface area contributed by atoms with Crippen molar-refractivity contribution in [1.29, 1.82) is 0 Å². The lowest BCUT2D eigenvalue weighted by atomic mass is 10.1. The zero-order valence-corrected chi connectivity index (χ0v) is 11.4. The van der Waals surface area contributed by atoms with Gasteiger partial charge in [0, 0.05) is 11.9 Å². The second-order valence-corrected chi connectivity index (χ2v) is 4.16. The van der Waals surface area contributed by atoms with Crippen LogP contribution in [-0.2, 0) is 0 Å². The molecule has 0 saturated heterocycles. The molecule has 17 heavy (non-hydrogen) atoms. The Morgan fingerprint density at radius 2 is 1.82 bits per heavy atom. The standard InChI is InChI=1S/C13H16N2.C2H6/c1-10(2)13-7-8-14-15(13)12-6-4-5-11(3)9-12;1-2/h4-10H,1-3H3;1-2H3. The summed E-state index contributed by atoms with van der Waals surface area (Å²) in [5.74, 6) is 0.494. The summed E-state index contributed by atoms with van der Waals surface area (Å²) in [7, 11) is 0. The van der Waals surface area contributed by atoms with Crippen LogP contribution in [0, 0.1) is 6.92 Å². The van der Waals surface area contributed by atoms with Crippen molar-refractivity contribution in [2.75, 3.05) is 0 Å². The smallest absolute Gasteiger partial charge is 0.0651 e. The molecule has 0 saturated carbocycles. The molecule has 1 aromatic heterocycles. The summed E-state index contributed by atoms with van der Waals surface area (Å²) in [5, 5.41) is 4.37. The second kappa shape index (κ2) is 6.24. The van der Waals surface area contributed by atoms with Crippen molar-refractivity contribution in [2.45, 2.75) is 40.5 Å². The Labute approximate surface area is 104 Å². The fourth-order valence-electron chi connectivity index (χ4n) is 1.73. The van der Waals surface area contributed by atoms with Gasteiger partial charge < -0.3 is 0 Å². The Kier molecular flexibility index (Phi) is 4.95. The number of benzene rings is 1. The largest absolute Gasteiger partial charge is 0.238 e. The van der Waals surface area contributed by atoms with Crippen LogP contribution in [0.3, 0.4) is 0 Å². The third kappa shape index (κ3) is 3.19. The predicted molar refractivity (Wildman–Crippen MR) is 73.7 cm³/mol. The van der Waals surface area contributed by atoms with E-state index < -0.39 is 0 Å². The molecule has 0 fully saturated rings. The molecule has 2 nitrogen and oxygen atoms in total. The first-order chi connectivity index (χ1) is 8.18. The van der Waals surface area contributed by atoms with Crippen molar-refractivity contribution < 1.29 is 0 Å². The van der Waals surface area contributed by atoms with E-state index in [4.69, 9.17) is 0 Å². The van der Waals surface area contributed by atoms with Crippen molar-refractivity contribution in [3.05, 3.63) is 47.8 Å².